The first-order valence-corrected chi connectivity index (χ1v) is 13.1. The summed E-state index contributed by atoms with van der Waals surface area (Å²) in [5.41, 5.74) is 0.328. The van der Waals surface area contributed by atoms with E-state index in [1.807, 2.05) is 0 Å². The summed E-state index contributed by atoms with van der Waals surface area (Å²) in [6.07, 6.45) is 0. The number of nitrogens with zero attached hydrogens (tertiary/aromatic N) is 2. The Morgan fingerprint density at radius 1 is 0.970 bits per heavy atom. The van der Waals surface area contributed by atoms with Crippen LogP contribution in [0.1, 0.15) is 10.4 Å². The van der Waals surface area contributed by atoms with Gasteiger partial charge in [-0.05, 0) is 48.5 Å². The van der Waals surface area contributed by atoms with E-state index in [0.29, 0.717) is 37.6 Å². The molecule has 2 aromatic rings. The molecule has 0 spiro atoms. The Labute approximate surface area is 194 Å². The highest BCUT2D eigenvalue weighted by Gasteiger charge is 2.26. The van der Waals surface area contributed by atoms with Crippen LogP contribution < -0.4 is 10.1 Å². The minimum Gasteiger partial charge on any atom is -0.492 e. The third-order valence-corrected chi connectivity index (χ3v) is 8.73. The summed E-state index contributed by atoms with van der Waals surface area (Å²) in [5.74, 6) is 0.112. The van der Waals surface area contributed by atoms with Gasteiger partial charge in [-0.2, -0.15) is 4.31 Å². The number of rotatable bonds is 9. The summed E-state index contributed by atoms with van der Waals surface area (Å²) in [7, 11) is -4.20. The van der Waals surface area contributed by atoms with Gasteiger partial charge in [0.2, 0.25) is 20.0 Å². The number of carbonyl (C=O) groups excluding carboxylic acids is 1. The molecule has 1 saturated heterocycles. The van der Waals surface area contributed by atoms with Crippen LogP contribution in [0, 0.1) is 0 Å². The fourth-order valence-electron chi connectivity index (χ4n) is 3.07. The van der Waals surface area contributed by atoms with Gasteiger partial charge in [0.15, 0.2) is 0 Å². The molecule has 0 bridgehead atoms. The molecule has 12 heteroatoms. The molecule has 1 heterocycles. The van der Waals surface area contributed by atoms with Gasteiger partial charge in [-0.1, -0.05) is 0 Å². The van der Waals surface area contributed by atoms with Crippen LogP contribution in [0.2, 0.25) is 0 Å². The summed E-state index contributed by atoms with van der Waals surface area (Å²) in [5, 5.41) is 2.70. The molecule has 1 amide bonds. The number of amides is 1. The Balaban J connectivity index is 1.49. The number of nitrogens with one attached hydrogen (secondary N) is 1. The first-order chi connectivity index (χ1) is 15.6. The van der Waals surface area contributed by atoms with Gasteiger partial charge in [0, 0.05) is 32.7 Å². The fraction of sp³-hybridized carbons (Fsp3) is 0.381. The average molecular weight is 498 g/mol. The SMILES string of the molecule is CN(C)S(=O)(=O)c1ccc(OCCNC(=O)c2ccc(S(=O)(=O)N3CCOCC3)cc2)cc1. The molecule has 0 aromatic heterocycles. The van der Waals surface area contributed by atoms with Gasteiger partial charge in [-0.3, -0.25) is 4.79 Å². The third-order valence-electron chi connectivity index (χ3n) is 4.98. The number of ether oxygens (including phenoxy) is 2. The van der Waals surface area contributed by atoms with Crippen molar-refractivity contribution in [3.05, 3.63) is 54.1 Å². The maximum Gasteiger partial charge on any atom is 0.251 e. The lowest BCUT2D eigenvalue weighted by molar-refractivity contribution is 0.0730. The highest BCUT2D eigenvalue weighted by molar-refractivity contribution is 7.89. The molecular weight excluding hydrogens is 470 g/mol. The van der Waals surface area contributed by atoms with Crippen molar-refractivity contribution < 1.29 is 31.1 Å². The van der Waals surface area contributed by atoms with Crippen molar-refractivity contribution in [1.29, 1.82) is 0 Å². The average Bonchev–Trinajstić information content (AvgIpc) is 2.82. The van der Waals surface area contributed by atoms with E-state index >= 15 is 0 Å². The van der Waals surface area contributed by atoms with E-state index in [9.17, 15) is 21.6 Å². The molecule has 0 radical (unpaired) electrons. The number of morpholine rings is 1. The number of sulfonamides is 2. The van der Waals surface area contributed by atoms with Gasteiger partial charge in [0.25, 0.3) is 5.91 Å². The standard InChI is InChI=1S/C21H27N3O7S2/c1-23(2)32(26,27)19-9-5-18(6-10-19)31-14-11-22-21(25)17-3-7-20(8-4-17)33(28,29)24-12-15-30-16-13-24/h3-10H,11-16H2,1-2H3,(H,22,25). The zero-order valence-corrected chi connectivity index (χ0v) is 20.1. The minimum absolute atomic E-state index is 0.129. The van der Waals surface area contributed by atoms with Crippen molar-refractivity contribution in [2.75, 3.05) is 53.6 Å². The van der Waals surface area contributed by atoms with E-state index < -0.39 is 20.0 Å². The first-order valence-electron chi connectivity index (χ1n) is 10.2. The molecule has 3 rings (SSSR count). The fourth-order valence-corrected chi connectivity index (χ4v) is 5.38. The Kier molecular flexibility index (Phi) is 8.08. The molecular formula is C21H27N3O7S2. The summed E-state index contributed by atoms with van der Waals surface area (Å²) >= 11 is 0. The Morgan fingerprint density at radius 2 is 1.55 bits per heavy atom. The Hall–Kier alpha value is -2.51. The maximum atomic E-state index is 12.6. The third kappa shape index (κ3) is 6.09. The van der Waals surface area contributed by atoms with E-state index in [4.69, 9.17) is 9.47 Å². The summed E-state index contributed by atoms with van der Waals surface area (Å²) in [6, 6.07) is 11.8. The molecule has 1 N–H and O–H groups in total. The lowest BCUT2D eigenvalue weighted by Crippen LogP contribution is -2.40. The smallest absolute Gasteiger partial charge is 0.251 e. The van der Waals surface area contributed by atoms with E-state index in [1.165, 1.54) is 54.8 Å². The molecule has 0 saturated carbocycles. The zero-order valence-electron chi connectivity index (χ0n) is 18.4. The molecule has 33 heavy (non-hydrogen) atoms. The molecule has 0 aliphatic carbocycles. The van der Waals surface area contributed by atoms with E-state index in [-0.39, 0.29) is 28.8 Å². The van der Waals surface area contributed by atoms with Crippen LogP contribution in [-0.2, 0) is 24.8 Å². The van der Waals surface area contributed by atoms with Gasteiger partial charge >= 0.3 is 0 Å². The van der Waals surface area contributed by atoms with Crippen molar-refractivity contribution in [3.8, 4) is 5.75 Å². The Bertz CT molecular complexity index is 1160. The minimum atomic E-state index is -3.61. The monoisotopic (exact) mass is 497 g/mol. The van der Waals surface area contributed by atoms with Crippen molar-refractivity contribution in [2.24, 2.45) is 0 Å². The second-order valence-electron chi connectivity index (χ2n) is 7.40. The second-order valence-corrected chi connectivity index (χ2v) is 11.5. The summed E-state index contributed by atoms with van der Waals surface area (Å²) in [4.78, 5) is 12.6. The molecule has 1 aliphatic heterocycles. The van der Waals surface area contributed by atoms with E-state index in [2.05, 4.69) is 5.32 Å². The van der Waals surface area contributed by atoms with Crippen LogP contribution in [0.15, 0.2) is 58.3 Å². The summed E-state index contributed by atoms with van der Waals surface area (Å²) in [6.45, 7) is 1.72. The van der Waals surface area contributed by atoms with Crippen LogP contribution in [0.4, 0.5) is 0 Å². The molecule has 2 aromatic carbocycles. The second kappa shape index (κ2) is 10.6. The number of hydrogen-bond donors (Lipinski definition) is 1. The maximum absolute atomic E-state index is 12.6. The van der Waals surface area contributed by atoms with Crippen LogP contribution in [0.5, 0.6) is 5.75 Å². The van der Waals surface area contributed by atoms with Crippen LogP contribution in [-0.4, -0.2) is 84.9 Å². The molecule has 1 aliphatic rings. The molecule has 1 fully saturated rings. The van der Waals surface area contributed by atoms with E-state index in [1.54, 1.807) is 12.1 Å². The quantitative estimate of drug-likeness (QED) is 0.508. The van der Waals surface area contributed by atoms with Gasteiger partial charge in [-0.25, -0.2) is 21.1 Å². The zero-order chi connectivity index (χ0) is 24.1. The number of benzene rings is 2. The molecule has 0 unspecified atom stereocenters. The largest absolute Gasteiger partial charge is 0.492 e. The van der Waals surface area contributed by atoms with Crippen molar-refractivity contribution in [2.45, 2.75) is 9.79 Å². The van der Waals surface area contributed by atoms with Gasteiger partial charge < -0.3 is 14.8 Å². The number of hydrogen-bond acceptors (Lipinski definition) is 7. The van der Waals surface area contributed by atoms with Crippen molar-refractivity contribution >= 4 is 26.0 Å². The van der Waals surface area contributed by atoms with Gasteiger partial charge in [0.05, 0.1) is 29.5 Å². The van der Waals surface area contributed by atoms with Gasteiger partial charge in [0.1, 0.15) is 12.4 Å². The van der Waals surface area contributed by atoms with Crippen LogP contribution in [0.25, 0.3) is 0 Å². The van der Waals surface area contributed by atoms with Crippen LogP contribution in [0.3, 0.4) is 0 Å². The van der Waals surface area contributed by atoms with Crippen molar-refractivity contribution in [1.82, 2.24) is 13.9 Å². The van der Waals surface area contributed by atoms with Crippen molar-refractivity contribution in [3.63, 3.8) is 0 Å². The normalized spacial score (nSPS) is 15.4. The predicted molar refractivity (Wildman–Crippen MR) is 121 cm³/mol. The highest BCUT2D eigenvalue weighted by atomic mass is 32.2. The lowest BCUT2D eigenvalue weighted by atomic mass is 10.2. The van der Waals surface area contributed by atoms with E-state index in [0.717, 1.165) is 4.31 Å². The molecule has 0 atom stereocenters. The lowest BCUT2D eigenvalue weighted by Gasteiger charge is -2.26. The predicted octanol–water partition coefficient (Wildman–Crippen LogP) is 0.767. The van der Waals surface area contributed by atoms with Crippen LogP contribution >= 0.6 is 0 Å². The molecule has 10 nitrogen and oxygen atoms in total. The number of carbonyl (C=O) groups is 1. The first kappa shape index (κ1) is 25.1. The molecule has 180 valence electrons. The summed E-state index contributed by atoms with van der Waals surface area (Å²) < 4.78 is 62.6. The van der Waals surface area contributed by atoms with Gasteiger partial charge in [-0.15, -0.1) is 0 Å². The topological polar surface area (TPSA) is 122 Å². The highest BCUT2D eigenvalue weighted by Crippen LogP contribution is 2.19. The Morgan fingerprint density at radius 3 is 2.12 bits per heavy atom.